The summed E-state index contributed by atoms with van der Waals surface area (Å²) in [5.74, 6) is 1.23. The summed E-state index contributed by atoms with van der Waals surface area (Å²) in [6.07, 6.45) is 0. The summed E-state index contributed by atoms with van der Waals surface area (Å²) in [6.45, 7) is 5.68. The Balaban J connectivity index is 2.39. The first kappa shape index (κ1) is 9.84. The lowest BCUT2D eigenvalue weighted by Gasteiger charge is -2.04. The molecular formula is C10H14O3. The third kappa shape index (κ3) is 2.93. The van der Waals surface area contributed by atoms with Gasteiger partial charge >= 0.3 is 5.97 Å². The second-order valence-corrected chi connectivity index (χ2v) is 3.27. The lowest BCUT2D eigenvalue weighted by molar-refractivity contribution is -0.149. The van der Waals surface area contributed by atoms with Crippen molar-refractivity contribution in [3.63, 3.8) is 0 Å². The third-order valence-corrected chi connectivity index (χ3v) is 1.62. The van der Waals surface area contributed by atoms with Gasteiger partial charge in [-0.05, 0) is 19.1 Å². The van der Waals surface area contributed by atoms with Gasteiger partial charge in [0.1, 0.15) is 18.1 Å². The topological polar surface area (TPSA) is 39.4 Å². The summed E-state index contributed by atoms with van der Waals surface area (Å²) < 4.78 is 10.2. The first-order valence-corrected chi connectivity index (χ1v) is 4.31. The molecule has 1 rings (SSSR count). The van der Waals surface area contributed by atoms with E-state index >= 15 is 0 Å². The molecule has 0 saturated carbocycles. The van der Waals surface area contributed by atoms with Crippen LogP contribution in [0, 0.1) is 12.8 Å². The molecule has 0 N–H and O–H groups in total. The van der Waals surface area contributed by atoms with Crippen LogP contribution in [0.15, 0.2) is 16.5 Å². The largest absolute Gasteiger partial charge is 0.463 e. The van der Waals surface area contributed by atoms with E-state index in [0.29, 0.717) is 5.76 Å². The van der Waals surface area contributed by atoms with Crippen LogP contribution >= 0.6 is 0 Å². The van der Waals surface area contributed by atoms with E-state index in [1.165, 1.54) is 0 Å². The van der Waals surface area contributed by atoms with Gasteiger partial charge in [-0.25, -0.2) is 0 Å². The van der Waals surface area contributed by atoms with Gasteiger partial charge in [0.15, 0.2) is 0 Å². The van der Waals surface area contributed by atoms with Gasteiger partial charge in [0.2, 0.25) is 0 Å². The van der Waals surface area contributed by atoms with Crippen molar-refractivity contribution in [3.05, 3.63) is 23.7 Å². The normalized spacial score (nSPS) is 10.5. The Bertz CT molecular complexity index is 286. The zero-order chi connectivity index (χ0) is 9.84. The van der Waals surface area contributed by atoms with Crippen LogP contribution in [0.3, 0.4) is 0 Å². The summed E-state index contributed by atoms with van der Waals surface area (Å²) in [5, 5.41) is 0. The van der Waals surface area contributed by atoms with E-state index in [1.807, 2.05) is 19.1 Å². The third-order valence-electron chi connectivity index (χ3n) is 1.62. The molecule has 0 amide bonds. The van der Waals surface area contributed by atoms with Crippen LogP contribution in [0.2, 0.25) is 0 Å². The highest BCUT2D eigenvalue weighted by molar-refractivity contribution is 5.71. The van der Waals surface area contributed by atoms with Crippen LogP contribution in [0.1, 0.15) is 25.4 Å². The molecule has 1 aromatic rings. The molecule has 0 saturated heterocycles. The molecule has 0 aliphatic carbocycles. The molecule has 0 aliphatic heterocycles. The van der Waals surface area contributed by atoms with Crippen molar-refractivity contribution in [1.29, 1.82) is 0 Å². The number of furan rings is 1. The molecule has 0 spiro atoms. The van der Waals surface area contributed by atoms with Crippen molar-refractivity contribution in [2.75, 3.05) is 0 Å². The fourth-order valence-corrected chi connectivity index (χ4v) is 0.872. The minimum absolute atomic E-state index is 0.0870. The maximum Gasteiger partial charge on any atom is 0.308 e. The molecular weight excluding hydrogens is 168 g/mol. The number of aryl methyl sites for hydroxylation is 1. The standard InChI is InChI=1S/C10H14O3/c1-7(2)10(11)12-6-9-5-4-8(3)13-9/h4-5,7H,6H2,1-3H3. The number of ether oxygens (including phenoxy) is 1. The molecule has 0 aliphatic rings. The molecule has 1 aromatic heterocycles. The summed E-state index contributed by atoms with van der Waals surface area (Å²) in [6, 6.07) is 3.65. The number of hydrogen-bond acceptors (Lipinski definition) is 3. The van der Waals surface area contributed by atoms with E-state index in [2.05, 4.69) is 0 Å². The van der Waals surface area contributed by atoms with Gasteiger partial charge in [0.25, 0.3) is 0 Å². The Hall–Kier alpha value is -1.25. The van der Waals surface area contributed by atoms with E-state index < -0.39 is 0 Å². The molecule has 0 radical (unpaired) electrons. The first-order valence-electron chi connectivity index (χ1n) is 4.31. The summed E-state index contributed by atoms with van der Waals surface area (Å²) in [7, 11) is 0. The van der Waals surface area contributed by atoms with E-state index in [9.17, 15) is 4.79 Å². The van der Waals surface area contributed by atoms with Crippen LogP contribution < -0.4 is 0 Å². The lowest BCUT2D eigenvalue weighted by atomic mass is 10.2. The number of esters is 1. The van der Waals surface area contributed by atoms with Gasteiger partial charge in [-0.1, -0.05) is 13.8 Å². The summed E-state index contributed by atoms with van der Waals surface area (Å²) in [5.41, 5.74) is 0. The van der Waals surface area contributed by atoms with Gasteiger partial charge in [-0.15, -0.1) is 0 Å². The second-order valence-electron chi connectivity index (χ2n) is 3.27. The van der Waals surface area contributed by atoms with Crippen LogP contribution in [0.25, 0.3) is 0 Å². The van der Waals surface area contributed by atoms with Gasteiger partial charge in [0, 0.05) is 0 Å². The predicted octanol–water partition coefficient (Wildman–Crippen LogP) is 2.29. The Kier molecular flexibility index (Phi) is 3.12. The molecule has 0 unspecified atom stereocenters. The summed E-state index contributed by atoms with van der Waals surface area (Å²) in [4.78, 5) is 11.1. The molecule has 0 bridgehead atoms. The monoisotopic (exact) mass is 182 g/mol. The Labute approximate surface area is 77.7 Å². The number of carbonyl (C=O) groups is 1. The average Bonchev–Trinajstić information content (AvgIpc) is 2.47. The van der Waals surface area contributed by atoms with Crippen molar-refractivity contribution in [2.24, 2.45) is 5.92 Å². The average molecular weight is 182 g/mol. The molecule has 13 heavy (non-hydrogen) atoms. The van der Waals surface area contributed by atoms with Crippen molar-refractivity contribution < 1.29 is 13.9 Å². The van der Waals surface area contributed by atoms with Crippen LogP contribution in [-0.2, 0) is 16.1 Å². The fourth-order valence-electron chi connectivity index (χ4n) is 0.872. The molecule has 72 valence electrons. The highest BCUT2D eigenvalue weighted by atomic mass is 16.5. The number of rotatable bonds is 3. The van der Waals surface area contributed by atoms with E-state index in [1.54, 1.807) is 13.8 Å². The molecule has 0 aromatic carbocycles. The molecule has 3 nitrogen and oxygen atoms in total. The van der Waals surface area contributed by atoms with Gasteiger partial charge in [0.05, 0.1) is 5.92 Å². The highest BCUT2D eigenvalue weighted by Gasteiger charge is 2.09. The van der Waals surface area contributed by atoms with E-state index in [4.69, 9.17) is 9.15 Å². The maximum absolute atomic E-state index is 11.1. The second kappa shape index (κ2) is 4.12. The van der Waals surface area contributed by atoms with Gasteiger partial charge in [-0.2, -0.15) is 0 Å². The Morgan fingerprint density at radius 3 is 2.69 bits per heavy atom. The number of hydrogen-bond donors (Lipinski definition) is 0. The van der Waals surface area contributed by atoms with E-state index in [-0.39, 0.29) is 18.5 Å². The molecule has 0 atom stereocenters. The van der Waals surface area contributed by atoms with Gasteiger partial charge < -0.3 is 9.15 Å². The van der Waals surface area contributed by atoms with Crippen molar-refractivity contribution >= 4 is 5.97 Å². The van der Waals surface area contributed by atoms with Crippen LogP contribution in [0.5, 0.6) is 0 Å². The van der Waals surface area contributed by atoms with Crippen molar-refractivity contribution in [2.45, 2.75) is 27.4 Å². The minimum Gasteiger partial charge on any atom is -0.463 e. The summed E-state index contributed by atoms with van der Waals surface area (Å²) >= 11 is 0. The first-order chi connectivity index (χ1) is 6.09. The zero-order valence-corrected chi connectivity index (χ0v) is 8.16. The number of carbonyl (C=O) groups excluding carboxylic acids is 1. The fraction of sp³-hybridized carbons (Fsp3) is 0.500. The molecule has 0 fully saturated rings. The van der Waals surface area contributed by atoms with E-state index in [0.717, 1.165) is 5.76 Å². The molecule has 3 heteroatoms. The quantitative estimate of drug-likeness (QED) is 0.673. The zero-order valence-electron chi connectivity index (χ0n) is 8.16. The van der Waals surface area contributed by atoms with Crippen LogP contribution in [0.4, 0.5) is 0 Å². The maximum atomic E-state index is 11.1. The SMILES string of the molecule is Cc1ccc(COC(=O)C(C)C)o1. The minimum atomic E-state index is -0.200. The van der Waals surface area contributed by atoms with Crippen LogP contribution in [-0.4, -0.2) is 5.97 Å². The Morgan fingerprint density at radius 1 is 1.54 bits per heavy atom. The lowest BCUT2D eigenvalue weighted by Crippen LogP contribution is -2.10. The predicted molar refractivity (Wildman–Crippen MR) is 48.1 cm³/mol. The van der Waals surface area contributed by atoms with Crippen molar-refractivity contribution in [1.82, 2.24) is 0 Å². The smallest absolute Gasteiger partial charge is 0.308 e. The Morgan fingerprint density at radius 2 is 2.23 bits per heavy atom. The molecule has 1 heterocycles. The van der Waals surface area contributed by atoms with Gasteiger partial charge in [-0.3, -0.25) is 4.79 Å². The highest BCUT2D eigenvalue weighted by Crippen LogP contribution is 2.08. The van der Waals surface area contributed by atoms with Crippen molar-refractivity contribution in [3.8, 4) is 0 Å².